The minimum atomic E-state index is -0.106. The number of hydrogen-bond donors (Lipinski definition) is 0. The number of anilines is 4. The molecule has 0 spiro atoms. The molecule has 0 radical (unpaired) electrons. The standard InChI is InChI=1S/C50H52N5O.Pt/c1-32(2)33-26-40(49(6,7)8)46(41(27-33)50(9,10)11)54-31-53(43-20-15-24-52-47(43)54)35-16-14-17-36(29-35)56-37-21-22-39-38-18-12-13-19-42(38)55(44(39)30-37)45-28-34(23-25-51-45)48(3,4)5;/h12-28,31-32H,1-11H3;/q-3;. The van der Waals surface area contributed by atoms with Crippen LogP contribution < -0.4 is 14.5 Å². The van der Waals surface area contributed by atoms with E-state index < -0.39 is 0 Å². The summed E-state index contributed by atoms with van der Waals surface area (Å²) in [5.74, 6) is 3.35. The Kier molecular flexibility index (Phi) is 10.4. The van der Waals surface area contributed by atoms with E-state index in [0.717, 1.165) is 44.8 Å². The molecule has 0 bridgehead atoms. The predicted octanol–water partition coefficient (Wildman–Crippen LogP) is 13.4. The number of nitrogens with zero attached hydrogens (tertiary/aromatic N) is 5. The molecular formula is C50H52N5OPt-3. The normalized spacial score (nSPS) is 13.4. The topological polar surface area (TPSA) is 46.4 Å². The molecule has 0 saturated heterocycles. The molecular weight excluding hydrogens is 882 g/mol. The van der Waals surface area contributed by atoms with Crippen molar-refractivity contribution < 1.29 is 25.8 Å². The number of hydrogen-bond acceptors (Lipinski definition) is 5. The molecule has 0 unspecified atom stereocenters. The first kappa shape index (κ1) is 40.3. The zero-order valence-electron chi connectivity index (χ0n) is 34.9. The van der Waals surface area contributed by atoms with E-state index in [2.05, 4.69) is 176 Å². The molecule has 6 nitrogen and oxygen atoms in total. The molecule has 7 aromatic rings. The van der Waals surface area contributed by atoms with Crippen molar-refractivity contribution in [2.45, 2.75) is 98.3 Å². The van der Waals surface area contributed by atoms with Crippen molar-refractivity contribution in [1.29, 1.82) is 0 Å². The Bertz CT molecular complexity index is 2570. The Hall–Kier alpha value is -4.93. The number of aromatic nitrogens is 3. The van der Waals surface area contributed by atoms with Crippen molar-refractivity contribution in [2.24, 2.45) is 0 Å². The molecule has 8 rings (SSSR count). The fraction of sp³-hybridized carbons (Fsp3) is 0.300. The second kappa shape index (κ2) is 14.8. The van der Waals surface area contributed by atoms with Crippen LogP contribution in [-0.4, -0.2) is 14.5 Å². The summed E-state index contributed by atoms with van der Waals surface area (Å²) in [5, 5.41) is 2.24. The molecule has 1 aliphatic rings. The molecule has 4 heterocycles. The van der Waals surface area contributed by atoms with Crippen LogP contribution in [0.5, 0.6) is 11.5 Å². The Labute approximate surface area is 353 Å². The van der Waals surface area contributed by atoms with Crippen molar-refractivity contribution in [1.82, 2.24) is 14.5 Å². The van der Waals surface area contributed by atoms with Crippen LogP contribution in [0.2, 0.25) is 0 Å². The van der Waals surface area contributed by atoms with Crippen molar-refractivity contribution >= 4 is 44.7 Å². The van der Waals surface area contributed by atoms with Gasteiger partial charge >= 0.3 is 0 Å². The molecule has 4 aromatic carbocycles. The van der Waals surface area contributed by atoms with Crippen LogP contribution in [0.3, 0.4) is 0 Å². The van der Waals surface area contributed by atoms with Gasteiger partial charge < -0.3 is 19.1 Å². The molecule has 1 aliphatic heterocycles. The van der Waals surface area contributed by atoms with Crippen LogP contribution >= 0.6 is 0 Å². The van der Waals surface area contributed by atoms with Crippen LogP contribution in [-0.2, 0) is 37.3 Å². The van der Waals surface area contributed by atoms with E-state index >= 15 is 0 Å². The first-order valence-electron chi connectivity index (χ1n) is 19.7. The smallest absolute Gasteiger partial charge is 0.135 e. The van der Waals surface area contributed by atoms with Crippen molar-refractivity contribution in [3.05, 3.63) is 144 Å². The third kappa shape index (κ3) is 7.50. The van der Waals surface area contributed by atoms with Gasteiger partial charge in [0.1, 0.15) is 11.6 Å². The third-order valence-corrected chi connectivity index (χ3v) is 10.8. The van der Waals surface area contributed by atoms with E-state index in [1.807, 2.05) is 36.7 Å². The maximum Gasteiger partial charge on any atom is 0.135 e. The molecule has 0 saturated carbocycles. The zero-order chi connectivity index (χ0) is 39.7. The van der Waals surface area contributed by atoms with Crippen molar-refractivity contribution in [3.63, 3.8) is 0 Å². The summed E-state index contributed by atoms with van der Waals surface area (Å²) >= 11 is 0. The Morgan fingerprint density at radius 3 is 2.04 bits per heavy atom. The van der Waals surface area contributed by atoms with E-state index in [-0.39, 0.29) is 37.3 Å². The molecule has 57 heavy (non-hydrogen) atoms. The number of ether oxygens (including phenoxy) is 1. The van der Waals surface area contributed by atoms with Gasteiger partial charge in [-0.3, -0.25) is 0 Å². The molecule has 296 valence electrons. The molecule has 7 heteroatoms. The summed E-state index contributed by atoms with van der Waals surface area (Å²) in [6, 6.07) is 39.0. The van der Waals surface area contributed by atoms with Crippen molar-refractivity contribution in [2.75, 3.05) is 9.80 Å². The Balaban J connectivity index is 0.00000496. The van der Waals surface area contributed by atoms with Crippen LogP contribution in [0.1, 0.15) is 104 Å². The number of pyridine rings is 2. The van der Waals surface area contributed by atoms with Gasteiger partial charge in [-0.1, -0.05) is 112 Å². The Morgan fingerprint density at radius 2 is 1.35 bits per heavy atom. The maximum absolute atomic E-state index is 6.60. The van der Waals surface area contributed by atoms with Crippen LogP contribution in [0, 0.1) is 18.8 Å². The summed E-state index contributed by atoms with van der Waals surface area (Å²) in [4.78, 5) is 14.3. The molecule has 0 amide bonds. The second-order valence-electron chi connectivity index (χ2n) is 18.4. The second-order valence-corrected chi connectivity index (χ2v) is 18.4. The minimum Gasteiger partial charge on any atom is -0.509 e. The van der Waals surface area contributed by atoms with Crippen molar-refractivity contribution in [3.8, 4) is 17.3 Å². The molecule has 3 aromatic heterocycles. The van der Waals surface area contributed by atoms with Crippen LogP contribution in [0.15, 0.2) is 103 Å². The summed E-state index contributed by atoms with van der Waals surface area (Å²) in [7, 11) is 0. The summed E-state index contributed by atoms with van der Waals surface area (Å²) in [5.41, 5.74) is 9.95. The predicted molar refractivity (Wildman–Crippen MR) is 232 cm³/mol. The third-order valence-electron chi connectivity index (χ3n) is 10.8. The largest absolute Gasteiger partial charge is 0.509 e. The number of rotatable bonds is 6. The van der Waals surface area contributed by atoms with E-state index in [1.54, 1.807) is 0 Å². The average molecular weight is 934 g/mol. The summed E-state index contributed by atoms with van der Waals surface area (Å²) < 4.78 is 8.79. The van der Waals surface area contributed by atoms with Gasteiger partial charge in [0, 0.05) is 56.2 Å². The van der Waals surface area contributed by atoms with E-state index in [4.69, 9.17) is 14.7 Å². The Morgan fingerprint density at radius 1 is 0.649 bits per heavy atom. The van der Waals surface area contributed by atoms with Gasteiger partial charge in [-0.05, 0) is 80.1 Å². The van der Waals surface area contributed by atoms with Crippen LogP contribution in [0.4, 0.5) is 22.9 Å². The van der Waals surface area contributed by atoms with E-state index in [1.165, 1.54) is 27.9 Å². The first-order chi connectivity index (χ1) is 26.5. The fourth-order valence-electron chi connectivity index (χ4n) is 7.68. The van der Waals surface area contributed by atoms with Gasteiger partial charge in [-0.25, -0.2) is 9.97 Å². The van der Waals surface area contributed by atoms with Crippen LogP contribution in [0.25, 0.3) is 27.6 Å². The molecule has 0 N–H and O–H groups in total. The molecule has 0 fully saturated rings. The molecule has 0 aliphatic carbocycles. The quantitative estimate of drug-likeness (QED) is 0.156. The van der Waals surface area contributed by atoms with E-state index in [9.17, 15) is 0 Å². The van der Waals surface area contributed by atoms with Gasteiger partial charge in [0.05, 0.1) is 5.69 Å². The minimum absolute atomic E-state index is 0. The van der Waals surface area contributed by atoms with E-state index in [0.29, 0.717) is 17.4 Å². The van der Waals surface area contributed by atoms with Gasteiger partial charge in [0.2, 0.25) is 0 Å². The molecule has 0 atom stereocenters. The average Bonchev–Trinajstić information content (AvgIpc) is 3.69. The monoisotopic (exact) mass is 933 g/mol. The maximum atomic E-state index is 6.60. The zero-order valence-corrected chi connectivity index (χ0v) is 37.2. The number of benzene rings is 4. The number of para-hydroxylation sites is 1. The number of fused-ring (bicyclic) bond motifs is 4. The van der Waals surface area contributed by atoms with Gasteiger partial charge in [-0.2, -0.15) is 12.1 Å². The SMILES string of the molecule is CC(C)c1cc(C(C)(C)C)c(N2[CH-]N(c3[c-]c(Oc4[c-]c5c(cc4)c4ccccc4n5-c4cc(C(C)(C)C)ccn4)ccc3)c3cccnc32)c(C(C)(C)C)c1.[Pt]. The van der Waals surface area contributed by atoms with Gasteiger partial charge in [0.15, 0.2) is 0 Å². The summed E-state index contributed by atoms with van der Waals surface area (Å²) in [6.07, 6.45) is 3.78. The first-order valence-corrected chi connectivity index (χ1v) is 19.7. The fourth-order valence-corrected chi connectivity index (χ4v) is 7.68. The summed E-state index contributed by atoms with van der Waals surface area (Å²) in [6.45, 7) is 27.2. The van der Waals surface area contributed by atoms with Gasteiger partial charge in [0.25, 0.3) is 0 Å². The van der Waals surface area contributed by atoms with Gasteiger partial charge in [-0.15, -0.1) is 48.1 Å².